The number of alkyl halides is 3. The van der Waals surface area contributed by atoms with Crippen LogP contribution in [0.4, 0.5) is 13.2 Å². The van der Waals surface area contributed by atoms with Gasteiger partial charge in [-0.1, -0.05) is 11.6 Å². The van der Waals surface area contributed by atoms with E-state index in [1.165, 1.54) is 12.3 Å². The molecule has 2 aromatic heterocycles. The number of fused-ring (bicyclic) bond motifs is 2. The molecule has 1 aromatic carbocycles. The van der Waals surface area contributed by atoms with Gasteiger partial charge in [-0.05, 0) is 18.2 Å². The summed E-state index contributed by atoms with van der Waals surface area (Å²) in [6.45, 7) is 0.626. The van der Waals surface area contributed by atoms with Crippen LogP contribution in [0, 0.1) is 0 Å². The highest BCUT2D eigenvalue weighted by Crippen LogP contribution is 2.27. The fourth-order valence-corrected chi connectivity index (χ4v) is 3.42. The zero-order valence-electron chi connectivity index (χ0n) is 14.3. The summed E-state index contributed by atoms with van der Waals surface area (Å²) in [5.41, 5.74) is 0.0162. The van der Waals surface area contributed by atoms with Crippen molar-refractivity contribution in [3.8, 4) is 0 Å². The summed E-state index contributed by atoms with van der Waals surface area (Å²) in [6, 6.07) is 4.73. The summed E-state index contributed by atoms with van der Waals surface area (Å²) in [6.07, 6.45) is -3.19. The molecule has 1 aliphatic rings. The molecule has 146 valence electrons. The molecule has 0 saturated carbocycles. The van der Waals surface area contributed by atoms with Gasteiger partial charge in [-0.15, -0.1) is 0 Å². The summed E-state index contributed by atoms with van der Waals surface area (Å²) in [4.78, 5) is 31.9. The van der Waals surface area contributed by atoms with Crippen LogP contribution >= 0.6 is 11.6 Å². The van der Waals surface area contributed by atoms with E-state index >= 15 is 0 Å². The van der Waals surface area contributed by atoms with E-state index in [9.17, 15) is 22.8 Å². The number of hydrogen-bond acceptors (Lipinski definition) is 5. The van der Waals surface area contributed by atoms with Crippen LogP contribution in [0.3, 0.4) is 0 Å². The lowest BCUT2D eigenvalue weighted by atomic mass is 10.1. The number of halogens is 4. The van der Waals surface area contributed by atoms with Gasteiger partial charge in [-0.25, -0.2) is 4.98 Å². The molecular weight excluding hydrogens is 399 g/mol. The van der Waals surface area contributed by atoms with Crippen molar-refractivity contribution in [2.45, 2.75) is 25.7 Å². The molecule has 6 nitrogen and oxygen atoms in total. The predicted molar refractivity (Wildman–Crippen MR) is 95.2 cm³/mol. The van der Waals surface area contributed by atoms with Crippen molar-refractivity contribution >= 4 is 22.6 Å². The second-order valence-electron chi connectivity index (χ2n) is 6.53. The third kappa shape index (κ3) is 3.43. The molecule has 1 aliphatic heterocycles. The summed E-state index contributed by atoms with van der Waals surface area (Å²) in [5.74, 6) is -1.29. The predicted octanol–water partition coefficient (Wildman–Crippen LogP) is 3.11. The van der Waals surface area contributed by atoms with Gasteiger partial charge in [0.2, 0.25) is 5.82 Å². The molecule has 3 aromatic rings. The maximum atomic E-state index is 12.8. The Morgan fingerprint density at radius 2 is 2.07 bits per heavy atom. The van der Waals surface area contributed by atoms with Crippen LogP contribution < -0.4 is 11.0 Å². The maximum absolute atomic E-state index is 12.8. The van der Waals surface area contributed by atoms with E-state index in [4.69, 9.17) is 16.0 Å². The molecule has 1 N–H and O–H groups in total. The Hall–Kier alpha value is -2.65. The number of aromatic nitrogens is 2. The molecule has 0 fully saturated rings. The van der Waals surface area contributed by atoms with E-state index in [1.807, 2.05) is 0 Å². The first-order valence-corrected chi connectivity index (χ1v) is 8.72. The number of hydrogen-bond donors (Lipinski definition) is 1. The zero-order chi connectivity index (χ0) is 20.1. The second kappa shape index (κ2) is 6.75. The lowest BCUT2D eigenvalue weighted by Gasteiger charge is -2.27. The van der Waals surface area contributed by atoms with Gasteiger partial charge in [-0.2, -0.15) is 13.2 Å². The first-order chi connectivity index (χ1) is 13.2. The Balaban J connectivity index is 1.62. The molecule has 0 radical (unpaired) electrons. The van der Waals surface area contributed by atoms with E-state index < -0.39 is 17.6 Å². The summed E-state index contributed by atoms with van der Waals surface area (Å²) < 4.78 is 43.9. The minimum Gasteiger partial charge on any atom is -0.464 e. The second-order valence-corrected chi connectivity index (χ2v) is 6.97. The first-order valence-electron chi connectivity index (χ1n) is 8.34. The average Bonchev–Trinajstić information content (AvgIpc) is 2.64. The molecule has 28 heavy (non-hydrogen) atoms. The van der Waals surface area contributed by atoms with Gasteiger partial charge in [0.1, 0.15) is 5.58 Å². The third-order valence-electron chi connectivity index (χ3n) is 4.62. The lowest BCUT2D eigenvalue weighted by molar-refractivity contribution is -0.145. The summed E-state index contributed by atoms with van der Waals surface area (Å²) >= 11 is 5.94. The normalized spacial score (nSPS) is 15.0. The van der Waals surface area contributed by atoms with Crippen molar-refractivity contribution < 1.29 is 17.6 Å². The highest BCUT2D eigenvalue weighted by atomic mass is 35.5. The number of benzene rings is 1. The molecule has 0 spiro atoms. The van der Waals surface area contributed by atoms with E-state index in [1.54, 1.807) is 22.0 Å². The number of nitrogens with one attached hydrogen (secondary N) is 1. The van der Waals surface area contributed by atoms with Crippen LogP contribution in [0.5, 0.6) is 0 Å². The standard InChI is InChI=1S/C18H13ClF3N3O3/c19-10-1-2-14-11(5-10)15(26)9(8-28-14)6-25-4-3-13-12(7-25)16(27)24-17(23-13)18(20,21)22/h1-2,5,8H,3-4,6-7H2,(H,23,24,27). The van der Waals surface area contributed by atoms with Gasteiger partial charge in [0.15, 0.2) is 5.43 Å². The third-order valence-corrected chi connectivity index (χ3v) is 4.85. The Morgan fingerprint density at radius 3 is 2.82 bits per heavy atom. The van der Waals surface area contributed by atoms with Crippen molar-refractivity contribution in [1.29, 1.82) is 0 Å². The topological polar surface area (TPSA) is 79.2 Å². The smallest absolute Gasteiger partial charge is 0.449 e. The number of aromatic amines is 1. The molecule has 4 rings (SSSR count). The molecule has 3 heterocycles. The monoisotopic (exact) mass is 411 g/mol. The van der Waals surface area contributed by atoms with Gasteiger partial charge in [0, 0.05) is 36.6 Å². The van der Waals surface area contributed by atoms with Crippen LogP contribution in [0.15, 0.2) is 38.5 Å². The molecule has 0 unspecified atom stereocenters. The minimum atomic E-state index is -4.71. The molecular formula is C18H13ClF3N3O3. The average molecular weight is 412 g/mol. The van der Waals surface area contributed by atoms with Crippen molar-refractivity contribution in [3.05, 3.63) is 72.7 Å². The summed E-state index contributed by atoms with van der Waals surface area (Å²) in [7, 11) is 0. The van der Waals surface area contributed by atoms with Crippen molar-refractivity contribution in [2.75, 3.05) is 6.54 Å². The maximum Gasteiger partial charge on any atom is 0.449 e. The minimum absolute atomic E-state index is 0.0861. The Labute approximate surface area is 160 Å². The molecule has 0 atom stereocenters. The van der Waals surface area contributed by atoms with Gasteiger partial charge in [0.25, 0.3) is 5.56 Å². The van der Waals surface area contributed by atoms with Crippen LogP contribution in [-0.2, 0) is 25.7 Å². The number of H-pyrrole nitrogens is 1. The van der Waals surface area contributed by atoms with Crippen LogP contribution in [0.2, 0.25) is 5.02 Å². The molecule has 10 heteroatoms. The van der Waals surface area contributed by atoms with E-state index in [2.05, 4.69) is 4.98 Å². The molecule has 0 amide bonds. The van der Waals surface area contributed by atoms with Gasteiger partial charge >= 0.3 is 6.18 Å². The lowest BCUT2D eigenvalue weighted by Crippen LogP contribution is -2.37. The van der Waals surface area contributed by atoms with Crippen molar-refractivity contribution in [3.63, 3.8) is 0 Å². The van der Waals surface area contributed by atoms with Gasteiger partial charge in [-0.3, -0.25) is 14.5 Å². The summed E-state index contributed by atoms with van der Waals surface area (Å²) in [5, 5.41) is 0.749. The SMILES string of the molecule is O=c1[nH]c(C(F)(F)F)nc2c1CN(Cc1coc3ccc(Cl)cc3c1=O)CC2. The Morgan fingerprint density at radius 1 is 1.29 bits per heavy atom. The fourth-order valence-electron chi connectivity index (χ4n) is 3.24. The van der Waals surface area contributed by atoms with Crippen LogP contribution in [-0.4, -0.2) is 21.4 Å². The van der Waals surface area contributed by atoms with Crippen molar-refractivity contribution in [2.24, 2.45) is 0 Å². The molecule has 0 bridgehead atoms. The zero-order valence-corrected chi connectivity index (χ0v) is 15.0. The molecule has 0 aliphatic carbocycles. The number of rotatable bonds is 2. The first kappa shape index (κ1) is 18.7. The van der Waals surface area contributed by atoms with Gasteiger partial charge in [0.05, 0.1) is 22.9 Å². The Bertz CT molecular complexity index is 1190. The van der Waals surface area contributed by atoms with Gasteiger partial charge < -0.3 is 9.40 Å². The van der Waals surface area contributed by atoms with E-state index in [0.717, 1.165) is 0 Å². The quantitative estimate of drug-likeness (QED) is 0.701. The highest BCUT2D eigenvalue weighted by molar-refractivity contribution is 6.31. The largest absolute Gasteiger partial charge is 0.464 e. The van der Waals surface area contributed by atoms with Crippen LogP contribution in [0.1, 0.15) is 22.6 Å². The number of nitrogens with zero attached hydrogens (tertiary/aromatic N) is 2. The highest BCUT2D eigenvalue weighted by Gasteiger charge is 2.36. The van der Waals surface area contributed by atoms with Crippen molar-refractivity contribution in [1.82, 2.24) is 14.9 Å². The van der Waals surface area contributed by atoms with Crippen LogP contribution in [0.25, 0.3) is 11.0 Å². The van der Waals surface area contributed by atoms with E-state index in [-0.39, 0.29) is 36.2 Å². The molecule has 0 saturated heterocycles. The fraction of sp³-hybridized carbons (Fsp3) is 0.278. The van der Waals surface area contributed by atoms with E-state index in [0.29, 0.717) is 28.1 Å². The Kier molecular flexibility index (Phi) is 4.51.